The monoisotopic (exact) mass is 182 g/mol. The van der Waals surface area contributed by atoms with Gasteiger partial charge in [-0.25, -0.2) is 0 Å². The first-order valence-corrected chi connectivity index (χ1v) is 5.60. The second-order valence-electron chi connectivity index (χ2n) is 4.76. The number of hydrogen-bond acceptors (Lipinski definition) is 0. The molecule has 0 saturated carbocycles. The molecule has 0 spiro atoms. The standard InChI is InChI=1S/C13H26/c1-8-10(4)12(6)13(7)11(5)9(2)3/h9-10,12-13H,5,8H2,1-4,6-7H3. The molecule has 0 aromatic carbocycles. The highest BCUT2D eigenvalue weighted by Crippen LogP contribution is 2.30. The molecule has 0 radical (unpaired) electrons. The highest BCUT2D eigenvalue weighted by atomic mass is 14.3. The van der Waals surface area contributed by atoms with Crippen LogP contribution in [0.3, 0.4) is 0 Å². The fourth-order valence-electron chi connectivity index (χ4n) is 1.73. The lowest BCUT2D eigenvalue weighted by atomic mass is 9.77. The Kier molecular flexibility index (Phi) is 5.36. The summed E-state index contributed by atoms with van der Waals surface area (Å²) in [6.07, 6.45) is 1.27. The minimum Gasteiger partial charge on any atom is -0.0993 e. The molecule has 3 atom stereocenters. The molecular formula is C13H26. The molecular weight excluding hydrogens is 156 g/mol. The predicted octanol–water partition coefficient (Wildman–Crippen LogP) is 4.52. The Morgan fingerprint density at radius 2 is 1.54 bits per heavy atom. The summed E-state index contributed by atoms with van der Waals surface area (Å²) in [6.45, 7) is 18.0. The van der Waals surface area contributed by atoms with Gasteiger partial charge in [-0.15, -0.1) is 0 Å². The van der Waals surface area contributed by atoms with Crippen LogP contribution in [-0.4, -0.2) is 0 Å². The van der Waals surface area contributed by atoms with Gasteiger partial charge < -0.3 is 0 Å². The highest BCUT2D eigenvalue weighted by molar-refractivity contribution is 5.03. The second-order valence-corrected chi connectivity index (χ2v) is 4.76. The zero-order chi connectivity index (χ0) is 10.6. The molecule has 0 heterocycles. The number of rotatable bonds is 5. The molecule has 0 fully saturated rings. The molecule has 0 aliphatic carbocycles. The van der Waals surface area contributed by atoms with Crippen molar-refractivity contribution in [2.75, 3.05) is 0 Å². The third kappa shape index (κ3) is 3.54. The Bertz CT molecular complexity index is 155. The topological polar surface area (TPSA) is 0 Å². The van der Waals surface area contributed by atoms with Crippen molar-refractivity contribution in [1.82, 2.24) is 0 Å². The van der Waals surface area contributed by atoms with Crippen molar-refractivity contribution in [1.29, 1.82) is 0 Å². The van der Waals surface area contributed by atoms with E-state index < -0.39 is 0 Å². The van der Waals surface area contributed by atoms with E-state index in [1.54, 1.807) is 0 Å². The highest BCUT2D eigenvalue weighted by Gasteiger charge is 2.21. The van der Waals surface area contributed by atoms with Gasteiger partial charge >= 0.3 is 0 Å². The molecule has 0 aliphatic rings. The van der Waals surface area contributed by atoms with Gasteiger partial charge in [-0.2, -0.15) is 0 Å². The molecule has 0 bridgehead atoms. The maximum atomic E-state index is 4.19. The first-order chi connectivity index (χ1) is 5.91. The van der Waals surface area contributed by atoms with E-state index in [2.05, 4.69) is 48.1 Å². The summed E-state index contributed by atoms with van der Waals surface area (Å²) in [7, 11) is 0. The van der Waals surface area contributed by atoms with E-state index in [4.69, 9.17) is 0 Å². The minimum absolute atomic E-state index is 0.626. The van der Waals surface area contributed by atoms with E-state index in [1.165, 1.54) is 12.0 Å². The molecule has 0 N–H and O–H groups in total. The third-order valence-corrected chi connectivity index (χ3v) is 3.66. The molecule has 0 amide bonds. The van der Waals surface area contributed by atoms with Gasteiger partial charge in [0.05, 0.1) is 0 Å². The van der Waals surface area contributed by atoms with Crippen molar-refractivity contribution in [3.63, 3.8) is 0 Å². The molecule has 78 valence electrons. The summed E-state index contributed by atoms with van der Waals surface area (Å²) >= 11 is 0. The third-order valence-electron chi connectivity index (χ3n) is 3.66. The Balaban J connectivity index is 4.24. The number of allylic oxidation sites excluding steroid dienone is 1. The van der Waals surface area contributed by atoms with Crippen LogP contribution in [0.5, 0.6) is 0 Å². The predicted molar refractivity (Wildman–Crippen MR) is 61.8 cm³/mol. The van der Waals surface area contributed by atoms with Crippen LogP contribution < -0.4 is 0 Å². The Hall–Kier alpha value is -0.260. The molecule has 0 aliphatic heterocycles. The van der Waals surface area contributed by atoms with Gasteiger partial charge in [0, 0.05) is 0 Å². The van der Waals surface area contributed by atoms with Crippen molar-refractivity contribution in [2.24, 2.45) is 23.7 Å². The summed E-state index contributed by atoms with van der Waals surface area (Å²) < 4.78 is 0. The fourth-order valence-corrected chi connectivity index (χ4v) is 1.73. The minimum atomic E-state index is 0.626. The average molecular weight is 182 g/mol. The zero-order valence-electron chi connectivity index (χ0n) is 10.2. The van der Waals surface area contributed by atoms with Crippen molar-refractivity contribution in [2.45, 2.75) is 48.0 Å². The lowest BCUT2D eigenvalue weighted by molar-refractivity contribution is 0.291. The molecule has 0 rings (SSSR count). The first-order valence-electron chi connectivity index (χ1n) is 5.60. The van der Waals surface area contributed by atoms with Gasteiger partial charge in [-0.1, -0.05) is 60.1 Å². The molecule has 0 heteroatoms. The van der Waals surface area contributed by atoms with Crippen molar-refractivity contribution in [3.8, 4) is 0 Å². The van der Waals surface area contributed by atoms with Gasteiger partial charge in [0.1, 0.15) is 0 Å². The lowest BCUT2D eigenvalue weighted by Gasteiger charge is -2.28. The van der Waals surface area contributed by atoms with Crippen molar-refractivity contribution < 1.29 is 0 Å². The van der Waals surface area contributed by atoms with Crippen LogP contribution in [0.4, 0.5) is 0 Å². The normalized spacial score (nSPS) is 18.4. The lowest BCUT2D eigenvalue weighted by Crippen LogP contribution is -2.19. The molecule has 3 unspecified atom stereocenters. The first kappa shape index (κ1) is 12.7. The molecule has 0 aromatic rings. The zero-order valence-corrected chi connectivity index (χ0v) is 10.2. The largest absolute Gasteiger partial charge is 0.0993 e. The van der Waals surface area contributed by atoms with Crippen molar-refractivity contribution in [3.05, 3.63) is 12.2 Å². The second kappa shape index (κ2) is 5.47. The van der Waals surface area contributed by atoms with Gasteiger partial charge in [0.15, 0.2) is 0 Å². The van der Waals surface area contributed by atoms with E-state index >= 15 is 0 Å². The average Bonchev–Trinajstić information content (AvgIpc) is 2.12. The van der Waals surface area contributed by atoms with E-state index in [9.17, 15) is 0 Å². The summed E-state index contributed by atoms with van der Waals surface area (Å²) in [5, 5.41) is 0. The van der Waals surface area contributed by atoms with Crippen LogP contribution in [0.15, 0.2) is 12.2 Å². The SMILES string of the molecule is C=C(C(C)C)C(C)C(C)C(C)CC. The summed E-state index contributed by atoms with van der Waals surface area (Å²) in [5.41, 5.74) is 1.41. The summed E-state index contributed by atoms with van der Waals surface area (Å²) in [6, 6.07) is 0. The van der Waals surface area contributed by atoms with Crippen LogP contribution in [0.2, 0.25) is 0 Å². The number of hydrogen-bond donors (Lipinski definition) is 0. The van der Waals surface area contributed by atoms with Gasteiger partial charge in [-0.3, -0.25) is 0 Å². The van der Waals surface area contributed by atoms with Crippen LogP contribution in [0.1, 0.15) is 48.0 Å². The van der Waals surface area contributed by atoms with Crippen LogP contribution >= 0.6 is 0 Å². The van der Waals surface area contributed by atoms with Crippen LogP contribution in [0.25, 0.3) is 0 Å². The fraction of sp³-hybridized carbons (Fsp3) is 0.846. The molecule has 0 saturated heterocycles. The molecule has 13 heavy (non-hydrogen) atoms. The van der Waals surface area contributed by atoms with Gasteiger partial charge in [-0.05, 0) is 23.7 Å². The van der Waals surface area contributed by atoms with Gasteiger partial charge in [0.25, 0.3) is 0 Å². The van der Waals surface area contributed by atoms with E-state index in [1.807, 2.05) is 0 Å². The quantitative estimate of drug-likeness (QED) is 0.548. The summed E-state index contributed by atoms with van der Waals surface area (Å²) in [4.78, 5) is 0. The maximum Gasteiger partial charge on any atom is -0.0204 e. The Morgan fingerprint density at radius 1 is 1.08 bits per heavy atom. The maximum absolute atomic E-state index is 4.19. The van der Waals surface area contributed by atoms with Crippen molar-refractivity contribution >= 4 is 0 Å². The Morgan fingerprint density at radius 3 is 1.85 bits per heavy atom. The smallest absolute Gasteiger partial charge is 0.0204 e. The Labute approximate surface area is 84.4 Å². The van der Waals surface area contributed by atoms with Gasteiger partial charge in [0.2, 0.25) is 0 Å². The molecule has 0 aromatic heterocycles. The van der Waals surface area contributed by atoms with E-state index in [0.717, 1.165) is 11.8 Å². The van der Waals surface area contributed by atoms with E-state index in [-0.39, 0.29) is 0 Å². The van der Waals surface area contributed by atoms with Crippen LogP contribution in [-0.2, 0) is 0 Å². The van der Waals surface area contributed by atoms with E-state index in [0.29, 0.717) is 11.8 Å². The molecule has 0 nitrogen and oxygen atoms in total. The van der Waals surface area contributed by atoms with Crippen LogP contribution in [0, 0.1) is 23.7 Å². The summed E-state index contributed by atoms with van der Waals surface area (Å²) in [5.74, 6) is 2.86.